The Morgan fingerprint density at radius 1 is 1.06 bits per heavy atom. The fraction of sp³-hybridized carbons (Fsp3) is 0.200. The van der Waals surface area contributed by atoms with Crippen molar-refractivity contribution in [1.82, 2.24) is 15.2 Å². The number of carbonyl (C=O) groups is 1. The standard InChI is InChI=1S/C25H24N4O3/c1-16(2)17-6-8-18(9-7-17)22-15-26-25(32-22)13-12-23(30)27-20-5-3-4-19(14-20)21-10-11-24(31)29-28-21/h3-11,14-16H,12-13H2,1-2H3,(H,27,30)(H,29,31). The molecule has 0 aliphatic rings. The lowest BCUT2D eigenvalue weighted by Crippen LogP contribution is -2.12. The van der Waals surface area contributed by atoms with Gasteiger partial charge in [0.1, 0.15) is 0 Å². The predicted molar refractivity (Wildman–Crippen MR) is 123 cm³/mol. The first kappa shape index (κ1) is 21.2. The Labute approximate surface area is 185 Å². The van der Waals surface area contributed by atoms with Gasteiger partial charge in [-0.1, -0.05) is 50.2 Å². The van der Waals surface area contributed by atoms with E-state index in [9.17, 15) is 9.59 Å². The van der Waals surface area contributed by atoms with E-state index in [-0.39, 0.29) is 17.9 Å². The van der Waals surface area contributed by atoms with E-state index in [4.69, 9.17) is 4.42 Å². The SMILES string of the molecule is CC(C)c1ccc(-c2cnc(CCC(=O)Nc3cccc(-c4ccc(=O)[nH]n4)c3)o2)cc1. The largest absolute Gasteiger partial charge is 0.441 e. The van der Waals surface area contributed by atoms with E-state index in [2.05, 4.69) is 46.5 Å². The van der Waals surface area contributed by atoms with Crippen LogP contribution in [0.5, 0.6) is 0 Å². The number of amides is 1. The van der Waals surface area contributed by atoms with E-state index in [1.54, 1.807) is 18.3 Å². The second-order valence-electron chi connectivity index (χ2n) is 7.83. The summed E-state index contributed by atoms with van der Waals surface area (Å²) >= 11 is 0. The molecule has 162 valence electrons. The number of anilines is 1. The quantitative estimate of drug-likeness (QED) is 0.441. The molecule has 0 bridgehead atoms. The molecule has 7 nitrogen and oxygen atoms in total. The van der Waals surface area contributed by atoms with E-state index in [0.717, 1.165) is 11.1 Å². The maximum absolute atomic E-state index is 12.4. The zero-order valence-electron chi connectivity index (χ0n) is 18.0. The lowest BCUT2D eigenvalue weighted by Gasteiger charge is -2.07. The lowest BCUT2D eigenvalue weighted by atomic mass is 10.0. The Kier molecular flexibility index (Phi) is 6.26. The van der Waals surface area contributed by atoms with Crippen molar-refractivity contribution in [2.24, 2.45) is 0 Å². The molecule has 4 rings (SSSR count). The topological polar surface area (TPSA) is 101 Å². The lowest BCUT2D eigenvalue weighted by molar-refractivity contribution is -0.116. The minimum absolute atomic E-state index is 0.141. The highest BCUT2D eigenvalue weighted by atomic mass is 16.4. The molecule has 7 heteroatoms. The van der Waals surface area contributed by atoms with Gasteiger partial charge in [-0.05, 0) is 29.7 Å². The predicted octanol–water partition coefficient (Wildman–Crippen LogP) is 4.79. The number of rotatable bonds is 7. The third-order valence-electron chi connectivity index (χ3n) is 5.10. The smallest absolute Gasteiger partial charge is 0.264 e. The minimum Gasteiger partial charge on any atom is -0.441 e. The average molecular weight is 428 g/mol. The maximum atomic E-state index is 12.4. The van der Waals surface area contributed by atoms with Crippen molar-refractivity contribution in [3.8, 4) is 22.6 Å². The molecule has 0 unspecified atom stereocenters. The average Bonchev–Trinajstić information content (AvgIpc) is 3.28. The number of oxazole rings is 1. The van der Waals surface area contributed by atoms with Crippen molar-refractivity contribution < 1.29 is 9.21 Å². The zero-order chi connectivity index (χ0) is 22.5. The van der Waals surface area contributed by atoms with Crippen LogP contribution in [-0.2, 0) is 11.2 Å². The number of aromatic amines is 1. The summed E-state index contributed by atoms with van der Waals surface area (Å²) in [4.78, 5) is 27.9. The molecule has 0 saturated carbocycles. The van der Waals surface area contributed by atoms with E-state index in [1.165, 1.54) is 11.6 Å². The molecule has 0 spiro atoms. The molecule has 0 radical (unpaired) electrons. The van der Waals surface area contributed by atoms with Gasteiger partial charge in [0.05, 0.1) is 11.9 Å². The summed E-state index contributed by atoms with van der Waals surface area (Å²) in [7, 11) is 0. The van der Waals surface area contributed by atoms with E-state index in [0.29, 0.717) is 35.4 Å². The molecule has 2 aromatic carbocycles. The zero-order valence-corrected chi connectivity index (χ0v) is 18.0. The first-order chi connectivity index (χ1) is 15.5. The summed E-state index contributed by atoms with van der Waals surface area (Å²) < 4.78 is 5.83. The van der Waals surface area contributed by atoms with Gasteiger partial charge in [0.2, 0.25) is 5.91 Å². The molecule has 1 amide bonds. The van der Waals surface area contributed by atoms with Crippen LogP contribution in [0.4, 0.5) is 5.69 Å². The molecule has 0 fully saturated rings. The van der Waals surface area contributed by atoms with Gasteiger partial charge >= 0.3 is 0 Å². The Bertz CT molecular complexity index is 1250. The number of hydrogen-bond donors (Lipinski definition) is 2. The number of nitrogens with one attached hydrogen (secondary N) is 2. The van der Waals surface area contributed by atoms with Crippen LogP contribution >= 0.6 is 0 Å². The highest BCUT2D eigenvalue weighted by Crippen LogP contribution is 2.24. The molecule has 0 aliphatic carbocycles. The Hall–Kier alpha value is -4.00. The van der Waals surface area contributed by atoms with Gasteiger partial charge in [0.25, 0.3) is 5.56 Å². The third-order valence-corrected chi connectivity index (χ3v) is 5.10. The first-order valence-corrected chi connectivity index (χ1v) is 10.5. The van der Waals surface area contributed by atoms with Gasteiger partial charge in [0.15, 0.2) is 11.7 Å². The number of carbonyl (C=O) groups excluding carboxylic acids is 1. The van der Waals surface area contributed by atoms with E-state index >= 15 is 0 Å². The molecule has 0 aliphatic heterocycles. The molecule has 2 N–H and O–H groups in total. The van der Waals surface area contributed by atoms with Crippen LogP contribution in [0.2, 0.25) is 0 Å². The van der Waals surface area contributed by atoms with Crippen molar-refractivity contribution in [3.05, 3.63) is 88.7 Å². The van der Waals surface area contributed by atoms with Crippen molar-refractivity contribution >= 4 is 11.6 Å². The van der Waals surface area contributed by atoms with E-state index < -0.39 is 0 Å². The molecule has 2 heterocycles. The normalized spacial score (nSPS) is 11.0. The molecule has 4 aromatic rings. The molecule has 0 atom stereocenters. The van der Waals surface area contributed by atoms with Crippen LogP contribution in [0.15, 0.2) is 76.1 Å². The molecular formula is C25H24N4O3. The third kappa shape index (κ3) is 5.18. The number of benzene rings is 2. The molecule has 2 aromatic heterocycles. The molecular weight excluding hydrogens is 404 g/mol. The number of aryl methyl sites for hydroxylation is 1. The highest BCUT2D eigenvalue weighted by Gasteiger charge is 2.10. The summed E-state index contributed by atoms with van der Waals surface area (Å²) in [6.07, 6.45) is 2.34. The number of H-pyrrole nitrogens is 1. The van der Waals surface area contributed by atoms with Crippen LogP contribution in [0.1, 0.15) is 37.6 Å². The summed E-state index contributed by atoms with van der Waals surface area (Å²) in [6, 6.07) is 18.6. The monoisotopic (exact) mass is 428 g/mol. The number of nitrogens with zero attached hydrogens (tertiary/aromatic N) is 2. The minimum atomic E-state index is -0.263. The van der Waals surface area contributed by atoms with Crippen molar-refractivity contribution in [2.45, 2.75) is 32.6 Å². The fourth-order valence-corrected chi connectivity index (χ4v) is 3.30. The Morgan fingerprint density at radius 2 is 1.88 bits per heavy atom. The highest BCUT2D eigenvalue weighted by molar-refractivity contribution is 5.91. The molecule has 0 saturated heterocycles. The van der Waals surface area contributed by atoms with Crippen LogP contribution in [0, 0.1) is 0 Å². The van der Waals surface area contributed by atoms with Gasteiger partial charge in [-0.25, -0.2) is 10.1 Å². The summed E-state index contributed by atoms with van der Waals surface area (Å²) in [5, 5.41) is 9.30. The number of aromatic nitrogens is 3. The second-order valence-corrected chi connectivity index (χ2v) is 7.83. The summed E-state index contributed by atoms with van der Waals surface area (Å²) in [5.74, 6) is 1.55. The summed E-state index contributed by atoms with van der Waals surface area (Å²) in [5.41, 5.74) is 4.03. The van der Waals surface area contributed by atoms with Gasteiger partial charge in [-0.3, -0.25) is 9.59 Å². The van der Waals surface area contributed by atoms with Crippen molar-refractivity contribution in [2.75, 3.05) is 5.32 Å². The fourth-order valence-electron chi connectivity index (χ4n) is 3.30. The van der Waals surface area contributed by atoms with E-state index in [1.807, 2.05) is 30.3 Å². The van der Waals surface area contributed by atoms with Gasteiger partial charge in [-0.15, -0.1) is 0 Å². The maximum Gasteiger partial charge on any atom is 0.264 e. The van der Waals surface area contributed by atoms with Gasteiger partial charge < -0.3 is 9.73 Å². The van der Waals surface area contributed by atoms with Crippen LogP contribution in [0.25, 0.3) is 22.6 Å². The second kappa shape index (κ2) is 9.43. The summed E-state index contributed by atoms with van der Waals surface area (Å²) in [6.45, 7) is 4.31. The first-order valence-electron chi connectivity index (χ1n) is 10.5. The van der Waals surface area contributed by atoms with Crippen LogP contribution in [-0.4, -0.2) is 21.1 Å². The van der Waals surface area contributed by atoms with Crippen LogP contribution in [0.3, 0.4) is 0 Å². The van der Waals surface area contributed by atoms with Crippen LogP contribution < -0.4 is 10.9 Å². The van der Waals surface area contributed by atoms with Gasteiger partial charge in [-0.2, -0.15) is 5.10 Å². The van der Waals surface area contributed by atoms with Gasteiger partial charge in [0, 0.05) is 35.7 Å². The Balaban J connectivity index is 1.35. The molecule has 32 heavy (non-hydrogen) atoms. The van der Waals surface area contributed by atoms with Crippen molar-refractivity contribution in [1.29, 1.82) is 0 Å². The number of hydrogen-bond acceptors (Lipinski definition) is 5. The Morgan fingerprint density at radius 3 is 2.59 bits per heavy atom. The van der Waals surface area contributed by atoms with Crippen molar-refractivity contribution in [3.63, 3.8) is 0 Å².